The molecule has 1 aliphatic rings. The number of piperidine rings is 1. The summed E-state index contributed by atoms with van der Waals surface area (Å²) in [6.07, 6.45) is 3.35. The number of likely N-dealkylation sites (tertiary alicyclic amines) is 1. The number of aromatic nitrogens is 1. The molecule has 2 N–H and O–H groups in total. The van der Waals surface area contributed by atoms with Gasteiger partial charge in [-0.15, -0.1) is 0 Å². The quantitative estimate of drug-likeness (QED) is 0.859. The second kappa shape index (κ2) is 6.21. The van der Waals surface area contributed by atoms with Gasteiger partial charge in [0.15, 0.2) is 0 Å². The Kier molecular flexibility index (Phi) is 4.61. The molecule has 0 atom stereocenters. The zero-order valence-corrected chi connectivity index (χ0v) is 11.7. The Balaban J connectivity index is 2.03. The monoisotopic (exact) mass is 283 g/mol. The molecule has 2 rings (SSSR count). The van der Waals surface area contributed by atoms with Gasteiger partial charge in [0.2, 0.25) is 0 Å². The highest BCUT2D eigenvalue weighted by Crippen LogP contribution is 2.22. The minimum Gasteiger partial charge on any atom is -0.397 e. The number of anilines is 1. The summed E-state index contributed by atoms with van der Waals surface area (Å²) in [6.45, 7) is 2.19. The summed E-state index contributed by atoms with van der Waals surface area (Å²) >= 11 is 5.95. The first-order valence-electron chi connectivity index (χ1n) is 6.31. The molecule has 1 aromatic heterocycles. The number of rotatable bonds is 3. The van der Waals surface area contributed by atoms with E-state index in [1.165, 1.54) is 6.20 Å². The van der Waals surface area contributed by atoms with Crippen LogP contribution in [0.25, 0.3) is 0 Å². The van der Waals surface area contributed by atoms with Crippen LogP contribution < -0.4 is 5.73 Å². The molecule has 0 unspecified atom stereocenters. The van der Waals surface area contributed by atoms with Crippen LogP contribution in [0.1, 0.15) is 23.2 Å². The molecule has 1 aliphatic heterocycles. The van der Waals surface area contributed by atoms with Gasteiger partial charge in [0.25, 0.3) is 5.91 Å². The maximum Gasteiger partial charge on any atom is 0.257 e. The molecule has 0 bridgehead atoms. The number of hydrogen-bond acceptors (Lipinski definition) is 4. The number of hydrogen-bond donors (Lipinski definition) is 1. The smallest absolute Gasteiger partial charge is 0.257 e. The first-order valence-corrected chi connectivity index (χ1v) is 6.69. The van der Waals surface area contributed by atoms with Crippen LogP contribution in [0.2, 0.25) is 5.15 Å². The van der Waals surface area contributed by atoms with Gasteiger partial charge in [-0.05, 0) is 24.8 Å². The van der Waals surface area contributed by atoms with Crippen molar-refractivity contribution in [2.24, 2.45) is 5.92 Å². The highest BCUT2D eigenvalue weighted by Gasteiger charge is 2.25. The Morgan fingerprint density at radius 1 is 1.58 bits per heavy atom. The Morgan fingerprint density at radius 3 is 2.89 bits per heavy atom. The number of amides is 1. The van der Waals surface area contributed by atoms with E-state index >= 15 is 0 Å². The molecule has 1 amide bonds. The number of nitrogens with two attached hydrogens (primary N) is 1. The van der Waals surface area contributed by atoms with E-state index in [0.29, 0.717) is 17.2 Å². The Bertz CT molecular complexity index is 459. The predicted octanol–water partition coefficient (Wildman–Crippen LogP) is 1.82. The van der Waals surface area contributed by atoms with Crippen molar-refractivity contribution >= 4 is 23.2 Å². The van der Waals surface area contributed by atoms with Gasteiger partial charge in [0, 0.05) is 26.8 Å². The molecule has 5 nitrogen and oxygen atoms in total. The lowest BCUT2D eigenvalue weighted by Crippen LogP contribution is -2.39. The fraction of sp³-hybridized carbons (Fsp3) is 0.538. The average Bonchev–Trinajstić information content (AvgIpc) is 2.42. The SMILES string of the molecule is COCC1CCN(C(=O)c2cc(N)cnc2Cl)CC1. The maximum atomic E-state index is 12.4. The van der Waals surface area contributed by atoms with Crippen LogP contribution in [0.5, 0.6) is 0 Å². The van der Waals surface area contributed by atoms with E-state index in [2.05, 4.69) is 4.98 Å². The lowest BCUT2D eigenvalue weighted by Gasteiger charge is -2.31. The molecule has 19 heavy (non-hydrogen) atoms. The number of pyridine rings is 1. The average molecular weight is 284 g/mol. The summed E-state index contributed by atoms with van der Waals surface area (Å²) in [4.78, 5) is 18.1. The summed E-state index contributed by atoms with van der Waals surface area (Å²) in [7, 11) is 1.70. The van der Waals surface area contributed by atoms with Crippen LogP contribution in [0.4, 0.5) is 5.69 Å². The second-order valence-corrected chi connectivity index (χ2v) is 5.16. The lowest BCUT2D eigenvalue weighted by molar-refractivity contribution is 0.0613. The number of methoxy groups -OCH3 is 1. The standard InChI is InChI=1S/C13H18ClN3O2/c1-19-8-9-2-4-17(5-3-9)13(18)11-6-10(15)7-16-12(11)14/h6-7,9H,2-5,8,15H2,1H3. The van der Waals surface area contributed by atoms with Gasteiger partial charge in [-0.2, -0.15) is 0 Å². The van der Waals surface area contributed by atoms with Crippen LogP contribution >= 0.6 is 11.6 Å². The van der Waals surface area contributed by atoms with Gasteiger partial charge in [-0.1, -0.05) is 11.6 Å². The van der Waals surface area contributed by atoms with Crippen LogP contribution in [-0.2, 0) is 4.74 Å². The van der Waals surface area contributed by atoms with Crippen molar-refractivity contribution in [2.45, 2.75) is 12.8 Å². The van der Waals surface area contributed by atoms with Crippen molar-refractivity contribution in [1.82, 2.24) is 9.88 Å². The summed E-state index contributed by atoms with van der Waals surface area (Å²) < 4.78 is 5.15. The van der Waals surface area contributed by atoms with E-state index in [1.807, 2.05) is 0 Å². The molecule has 1 saturated heterocycles. The minimum absolute atomic E-state index is 0.0966. The van der Waals surface area contributed by atoms with Gasteiger partial charge in [0.1, 0.15) is 5.15 Å². The molecule has 0 radical (unpaired) electrons. The third kappa shape index (κ3) is 3.36. The molecular formula is C13H18ClN3O2. The fourth-order valence-electron chi connectivity index (χ4n) is 2.32. The highest BCUT2D eigenvalue weighted by molar-refractivity contribution is 6.32. The van der Waals surface area contributed by atoms with Gasteiger partial charge >= 0.3 is 0 Å². The molecule has 1 aromatic rings. The van der Waals surface area contributed by atoms with Crippen molar-refractivity contribution in [2.75, 3.05) is 32.5 Å². The zero-order valence-electron chi connectivity index (χ0n) is 10.9. The molecule has 0 aliphatic carbocycles. The lowest BCUT2D eigenvalue weighted by atomic mass is 9.97. The van der Waals surface area contributed by atoms with E-state index in [4.69, 9.17) is 22.1 Å². The number of nitrogen functional groups attached to an aromatic ring is 1. The molecule has 0 spiro atoms. The van der Waals surface area contributed by atoms with Crippen molar-refractivity contribution in [3.8, 4) is 0 Å². The first-order chi connectivity index (χ1) is 9.11. The number of halogens is 1. The first kappa shape index (κ1) is 14.1. The summed E-state index contributed by atoms with van der Waals surface area (Å²) in [6, 6.07) is 1.58. The largest absolute Gasteiger partial charge is 0.397 e. The van der Waals surface area contributed by atoms with Crippen LogP contribution in [0, 0.1) is 5.92 Å². The van der Waals surface area contributed by atoms with Crippen LogP contribution in [-0.4, -0.2) is 42.6 Å². The van der Waals surface area contributed by atoms with Crippen LogP contribution in [0.3, 0.4) is 0 Å². The van der Waals surface area contributed by atoms with Crippen LogP contribution in [0.15, 0.2) is 12.3 Å². The van der Waals surface area contributed by atoms with E-state index in [1.54, 1.807) is 18.1 Å². The van der Waals surface area contributed by atoms with Gasteiger partial charge in [0.05, 0.1) is 17.4 Å². The van der Waals surface area contributed by atoms with Crippen molar-refractivity contribution < 1.29 is 9.53 Å². The second-order valence-electron chi connectivity index (χ2n) is 4.80. The molecule has 2 heterocycles. The van der Waals surface area contributed by atoms with E-state index in [-0.39, 0.29) is 11.1 Å². The third-order valence-electron chi connectivity index (χ3n) is 3.39. The summed E-state index contributed by atoms with van der Waals surface area (Å²) in [5.41, 5.74) is 6.48. The predicted molar refractivity (Wildman–Crippen MR) is 74.2 cm³/mol. The molecule has 104 valence electrons. The number of nitrogens with zero attached hydrogens (tertiary/aromatic N) is 2. The van der Waals surface area contributed by atoms with Crippen molar-refractivity contribution in [1.29, 1.82) is 0 Å². The molecule has 6 heteroatoms. The minimum atomic E-state index is -0.0966. The van der Waals surface area contributed by atoms with Gasteiger partial charge in [-0.3, -0.25) is 4.79 Å². The molecule has 0 aromatic carbocycles. The third-order valence-corrected chi connectivity index (χ3v) is 3.70. The summed E-state index contributed by atoms with van der Waals surface area (Å²) in [5, 5.41) is 0.207. The number of carbonyl (C=O) groups excluding carboxylic acids is 1. The Labute approximate surface area is 117 Å². The van der Waals surface area contributed by atoms with Crippen molar-refractivity contribution in [3.05, 3.63) is 23.0 Å². The molecular weight excluding hydrogens is 266 g/mol. The van der Waals surface area contributed by atoms with E-state index in [0.717, 1.165) is 32.5 Å². The summed E-state index contributed by atoms with van der Waals surface area (Å²) in [5.74, 6) is 0.434. The van der Waals surface area contributed by atoms with Gasteiger partial charge < -0.3 is 15.4 Å². The zero-order chi connectivity index (χ0) is 13.8. The maximum absolute atomic E-state index is 12.4. The fourth-order valence-corrected chi connectivity index (χ4v) is 2.51. The Morgan fingerprint density at radius 2 is 2.26 bits per heavy atom. The topological polar surface area (TPSA) is 68.5 Å². The molecule has 0 saturated carbocycles. The molecule has 1 fully saturated rings. The Hall–Kier alpha value is -1.33. The van der Waals surface area contributed by atoms with E-state index < -0.39 is 0 Å². The van der Waals surface area contributed by atoms with Gasteiger partial charge in [-0.25, -0.2) is 4.98 Å². The highest BCUT2D eigenvalue weighted by atomic mass is 35.5. The van der Waals surface area contributed by atoms with E-state index in [9.17, 15) is 4.79 Å². The number of carbonyl (C=O) groups is 1. The number of ether oxygens (including phenoxy) is 1. The van der Waals surface area contributed by atoms with Crippen molar-refractivity contribution in [3.63, 3.8) is 0 Å². The normalized spacial score (nSPS) is 16.6.